The number of nitrogens with zero attached hydrogens (tertiary/aromatic N) is 4. The van der Waals surface area contributed by atoms with Gasteiger partial charge in [-0.2, -0.15) is 0 Å². The van der Waals surface area contributed by atoms with E-state index >= 15 is 0 Å². The zero-order chi connectivity index (χ0) is 23.0. The fraction of sp³-hybridized carbons (Fsp3) is 0.455. The van der Waals surface area contributed by atoms with Gasteiger partial charge < -0.3 is 14.4 Å². The Morgan fingerprint density at radius 3 is 2.28 bits per heavy atom. The summed E-state index contributed by atoms with van der Waals surface area (Å²) in [6.45, 7) is 3.27. The van der Waals surface area contributed by atoms with E-state index in [2.05, 4.69) is 19.6 Å². The minimum absolute atomic E-state index is 0.211. The van der Waals surface area contributed by atoms with Crippen molar-refractivity contribution in [3.63, 3.8) is 0 Å². The molecule has 1 aliphatic rings. The van der Waals surface area contributed by atoms with Crippen LogP contribution >= 0.6 is 0 Å². The van der Waals surface area contributed by atoms with Crippen LogP contribution in [0.25, 0.3) is 21.6 Å². The van der Waals surface area contributed by atoms with E-state index < -0.39 is 10.0 Å². The lowest BCUT2D eigenvalue weighted by Gasteiger charge is -2.31. The molecule has 3 rings (SSSR count). The molecule has 0 unspecified atom stereocenters. The second kappa shape index (κ2) is 11.2. The lowest BCUT2D eigenvalue weighted by Crippen LogP contribution is -2.40. The Balaban J connectivity index is 1.59. The maximum atomic E-state index is 12.7. The fourth-order valence-corrected chi connectivity index (χ4v) is 4.92. The number of methoxy groups -OCH3 is 2. The normalized spacial score (nSPS) is 15.2. The molecule has 1 fully saturated rings. The third kappa shape index (κ3) is 5.92. The van der Waals surface area contributed by atoms with Crippen LogP contribution in [0, 0.1) is 5.92 Å². The smallest absolute Gasteiger partial charge is 0.240 e. The van der Waals surface area contributed by atoms with Gasteiger partial charge in [0.2, 0.25) is 10.0 Å². The number of benzene rings is 2. The predicted octanol–water partition coefficient (Wildman–Crippen LogP) is 3.67. The van der Waals surface area contributed by atoms with Crippen molar-refractivity contribution in [2.75, 3.05) is 46.9 Å². The summed E-state index contributed by atoms with van der Waals surface area (Å²) in [4.78, 5) is 5.26. The molecule has 2 aromatic rings. The first-order chi connectivity index (χ1) is 15.5. The first-order valence-corrected chi connectivity index (χ1v) is 12.0. The van der Waals surface area contributed by atoms with E-state index in [1.807, 2.05) is 18.2 Å². The number of hydrogen-bond acceptors (Lipinski definition) is 6. The van der Waals surface area contributed by atoms with E-state index in [4.69, 9.17) is 15.0 Å². The molecule has 172 valence electrons. The number of rotatable bonds is 10. The number of nitrogens with one attached hydrogen (secondary N) is 1. The molecule has 0 saturated carbocycles. The van der Waals surface area contributed by atoms with Crippen molar-refractivity contribution in [1.82, 2.24) is 9.62 Å². The molecular weight excluding hydrogens is 430 g/mol. The highest BCUT2D eigenvalue weighted by Gasteiger charge is 2.20. The Kier molecular flexibility index (Phi) is 8.35. The molecular formula is C22H29N5O4S. The van der Waals surface area contributed by atoms with Gasteiger partial charge in [0.15, 0.2) is 0 Å². The standard InChI is InChI=1S/C22H29N5O4S/c1-30-20-4-3-5-21(31-2)22(20)18-6-8-19(9-7-18)32(28,29)25-12-15-27-13-10-17(11-14-27)16-24-26-23/h3-9,17,25H,10-16H2,1-2H3. The van der Waals surface area contributed by atoms with Gasteiger partial charge in [0, 0.05) is 24.5 Å². The Morgan fingerprint density at radius 1 is 1.09 bits per heavy atom. The Labute approximate surface area is 189 Å². The minimum Gasteiger partial charge on any atom is -0.496 e. The van der Waals surface area contributed by atoms with Crippen molar-refractivity contribution in [1.29, 1.82) is 0 Å². The monoisotopic (exact) mass is 459 g/mol. The van der Waals surface area contributed by atoms with E-state index in [9.17, 15) is 8.42 Å². The Hall–Kier alpha value is -2.78. The van der Waals surface area contributed by atoms with Gasteiger partial charge in [-0.3, -0.25) is 0 Å². The van der Waals surface area contributed by atoms with Crippen molar-refractivity contribution >= 4 is 10.0 Å². The fourth-order valence-electron chi connectivity index (χ4n) is 3.90. The van der Waals surface area contributed by atoms with Crippen molar-refractivity contribution < 1.29 is 17.9 Å². The molecule has 32 heavy (non-hydrogen) atoms. The van der Waals surface area contributed by atoms with E-state index in [1.165, 1.54) is 0 Å². The van der Waals surface area contributed by atoms with Crippen LogP contribution in [0.3, 0.4) is 0 Å². The molecule has 2 aromatic carbocycles. The number of piperidine rings is 1. The first kappa shape index (κ1) is 23.9. The molecule has 0 atom stereocenters. The average molecular weight is 460 g/mol. The summed E-state index contributed by atoms with van der Waals surface area (Å²) in [7, 11) is -0.434. The number of sulfonamides is 1. The van der Waals surface area contributed by atoms with Crippen LogP contribution in [-0.4, -0.2) is 60.3 Å². The van der Waals surface area contributed by atoms with Gasteiger partial charge in [0.1, 0.15) is 11.5 Å². The summed E-state index contributed by atoms with van der Waals surface area (Å²) in [5.41, 5.74) is 10.0. The van der Waals surface area contributed by atoms with Gasteiger partial charge >= 0.3 is 0 Å². The van der Waals surface area contributed by atoms with E-state index in [0.717, 1.165) is 37.1 Å². The Morgan fingerprint density at radius 2 is 1.72 bits per heavy atom. The van der Waals surface area contributed by atoms with Crippen molar-refractivity contribution in [2.24, 2.45) is 11.0 Å². The summed E-state index contributed by atoms with van der Waals surface area (Å²) >= 11 is 0. The molecule has 0 amide bonds. The summed E-state index contributed by atoms with van der Waals surface area (Å²) < 4.78 is 39.0. The zero-order valence-corrected chi connectivity index (χ0v) is 19.2. The molecule has 0 aliphatic carbocycles. The zero-order valence-electron chi connectivity index (χ0n) is 18.4. The highest BCUT2D eigenvalue weighted by molar-refractivity contribution is 7.89. The first-order valence-electron chi connectivity index (χ1n) is 10.5. The van der Waals surface area contributed by atoms with Crippen molar-refractivity contribution in [3.8, 4) is 22.6 Å². The van der Waals surface area contributed by atoms with Gasteiger partial charge in [-0.1, -0.05) is 23.3 Å². The van der Waals surface area contributed by atoms with Gasteiger partial charge in [0.05, 0.1) is 24.7 Å². The molecule has 9 nitrogen and oxygen atoms in total. The lowest BCUT2D eigenvalue weighted by atomic mass is 9.97. The van der Waals surface area contributed by atoms with Crippen LogP contribution < -0.4 is 14.2 Å². The SMILES string of the molecule is COc1cccc(OC)c1-c1ccc(S(=O)(=O)NCCN2CCC(CN=[N+]=[N-])CC2)cc1. The molecule has 0 aromatic heterocycles. The molecule has 0 radical (unpaired) electrons. The third-order valence-electron chi connectivity index (χ3n) is 5.71. The van der Waals surface area contributed by atoms with Crippen molar-refractivity contribution in [3.05, 3.63) is 52.9 Å². The lowest BCUT2D eigenvalue weighted by molar-refractivity contribution is 0.190. The summed E-state index contributed by atoms with van der Waals surface area (Å²) in [5, 5.41) is 3.65. The molecule has 1 heterocycles. The summed E-state index contributed by atoms with van der Waals surface area (Å²) in [6.07, 6.45) is 1.92. The van der Waals surface area contributed by atoms with Crippen LogP contribution in [0.15, 0.2) is 52.5 Å². The molecule has 1 aliphatic heterocycles. The van der Waals surface area contributed by atoms with Crippen LogP contribution in [0.1, 0.15) is 12.8 Å². The molecule has 1 saturated heterocycles. The highest BCUT2D eigenvalue weighted by atomic mass is 32.2. The number of hydrogen-bond donors (Lipinski definition) is 1. The van der Waals surface area contributed by atoms with Crippen LogP contribution in [0.5, 0.6) is 11.5 Å². The van der Waals surface area contributed by atoms with E-state index in [-0.39, 0.29) is 4.90 Å². The molecule has 0 spiro atoms. The maximum Gasteiger partial charge on any atom is 0.240 e. The number of azide groups is 1. The van der Waals surface area contributed by atoms with Gasteiger partial charge in [-0.05, 0) is 67.2 Å². The van der Waals surface area contributed by atoms with E-state index in [1.54, 1.807) is 38.5 Å². The average Bonchev–Trinajstić information content (AvgIpc) is 2.83. The quantitative estimate of drug-likeness (QED) is 0.330. The Bertz CT molecular complexity index is 1020. The largest absolute Gasteiger partial charge is 0.496 e. The topological polar surface area (TPSA) is 117 Å². The molecule has 1 N–H and O–H groups in total. The van der Waals surface area contributed by atoms with Crippen molar-refractivity contribution in [2.45, 2.75) is 17.7 Å². The summed E-state index contributed by atoms with van der Waals surface area (Å²) in [6, 6.07) is 12.2. The van der Waals surface area contributed by atoms with Crippen LogP contribution in [-0.2, 0) is 10.0 Å². The van der Waals surface area contributed by atoms with Gasteiger partial charge in [-0.15, -0.1) is 0 Å². The highest BCUT2D eigenvalue weighted by Crippen LogP contribution is 2.38. The second-order valence-electron chi connectivity index (χ2n) is 7.66. The second-order valence-corrected chi connectivity index (χ2v) is 9.43. The molecule has 10 heteroatoms. The van der Waals surface area contributed by atoms with E-state index in [0.29, 0.717) is 37.1 Å². The maximum absolute atomic E-state index is 12.7. The summed E-state index contributed by atoms with van der Waals surface area (Å²) in [5.74, 6) is 1.72. The minimum atomic E-state index is -3.61. The van der Waals surface area contributed by atoms with Crippen LogP contribution in [0.2, 0.25) is 0 Å². The molecule has 0 bridgehead atoms. The van der Waals surface area contributed by atoms with Gasteiger partial charge in [-0.25, -0.2) is 13.1 Å². The predicted molar refractivity (Wildman–Crippen MR) is 123 cm³/mol. The number of likely N-dealkylation sites (tertiary alicyclic amines) is 1. The van der Waals surface area contributed by atoms with Gasteiger partial charge in [0.25, 0.3) is 0 Å². The third-order valence-corrected chi connectivity index (χ3v) is 7.19. The number of ether oxygens (including phenoxy) is 2. The van der Waals surface area contributed by atoms with Crippen LogP contribution in [0.4, 0.5) is 0 Å².